The molecule has 1 aromatic rings. The summed E-state index contributed by atoms with van der Waals surface area (Å²) in [5.41, 5.74) is 0.361. The van der Waals surface area contributed by atoms with Gasteiger partial charge in [0.2, 0.25) is 10.0 Å². The van der Waals surface area contributed by atoms with Crippen molar-refractivity contribution in [3.05, 3.63) is 23.8 Å². The Bertz CT molecular complexity index is 616. The lowest BCUT2D eigenvalue weighted by molar-refractivity contribution is 0.399. The van der Waals surface area contributed by atoms with E-state index in [2.05, 4.69) is 10.0 Å². The van der Waals surface area contributed by atoms with Crippen LogP contribution in [0.25, 0.3) is 0 Å². The predicted molar refractivity (Wildman–Crippen MR) is 73.9 cm³/mol. The van der Waals surface area contributed by atoms with E-state index in [4.69, 9.17) is 10.00 Å². The highest BCUT2D eigenvalue weighted by molar-refractivity contribution is 7.89. The summed E-state index contributed by atoms with van der Waals surface area (Å²) in [4.78, 5) is 0.0598. The maximum absolute atomic E-state index is 12.4. The first-order chi connectivity index (χ1) is 9.56. The molecule has 1 atom stereocenters. The van der Waals surface area contributed by atoms with Crippen molar-refractivity contribution >= 4 is 10.0 Å². The molecule has 1 unspecified atom stereocenters. The number of benzene rings is 1. The lowest BCUT2D eigenvalue weighted by Gasteiger charge is -2.24. The molecule has 1 saturated heterocycles. The van der Waals surface area contributed by atoms with E-state index in [0.717, 1.165) is 19.4 Å². The van der Waals surface area contributed by atoms with Gasteiger partial charge in [-0.05, 0) is 37.6 Å². The topological polar surface area (TPSA) is 91.2 Å². The van der Waals surface area contributed by atoms with Gasteiger partial charge in [0.1, 0.15) is 10.6 Å². The van der Waals surface area contributed by atoms with E-state index >= 15 is 0 Å². The number of hydrogen-bond acceptors (Lipinski definition) is 5. The number of ether oxygens (including phenoxy) is 1. The molecule has 0 aliphatic carbocycles. The summed E-state index contributed by atoms with van der Waals surface area (Å²) in [6.07, 6.45) is 1.75. The minimum atomic E-state index is -3.65. The van der Waals surface area contributed by atoms with Crippen LogP contribution in [0.4, 0.5) is 0 Å². The number of rotatable bonds is 4. The van der Waals surface area contributed by atoms with Crippen LogP contribution in [0.3, 0.4) is 0 Å². The van der Waals surface area contributed by atoms with Crippen LogP contribution in [-0.4, -0.2) is 34.7 Å². The number of methoxy groups -OCH3 is 1. The molecule has 1 aliphatic rings. The van der Waals surface area contributed by atoms with E-state index in [1.54, 1.807) is 0 Å². The molecule has 1 aliphatic heterocycles. The number of nitrogens with zero attached hydrogens (tertiary/aromatic N) is 1. The van der Waals surface area contributed by atoms with Crippen molar-refractivity contribution < 1.29 is 13.2 Å². The Balaban J connectivity index is 2.26. The van der Waals surface area contributed by atoms with Gasteiger partial charge >= 0.3 is 0 Å². The first-order valence-electron chi connectivity index (χ1n) is 6.38. The molecule has 6 nitrogen and oxygen atoms in total. The van der Waals surface area contributed by atoms with Gasteiger partial charge in [0, 0.05) is 12.6 Å². The fraction of sp³-hybridized carbons (Fsp3) is 0.462. The van der Waals surface area contributed by atoms with Crippen LogP contribution in [0.5, 0.6) is 5.75 Å². The second-order valence-electron chi connectivity index (χ2n) is 4.64. The molecule has 1 fully saturated rings. The molecule has 0 amide bonds. The van der Waals surface area contributed by atoms with Crippen molar-refractivity contribution in [1.82, 2.24) is 10.0 Å². The van der Waals surface area contributed by atoms with Gasteiger partial charge in [-0.15, -0.1) is 0 Å². The summed E-state index contributed by atoms with van der Waals surface area (Å²) in [5.74, 6) is 0.181. The Morgan fingerprint density at radius 3 is 2.90 bits per heavy atom. The van der Waals surface area contributed by atoms with Crippen molar-refractivity contribution in [2.24, 2.45) is 0 Å². The van der Waals surface area contributed by atoms with Gasteiger partial charge in [0.25, 0.3) is 0 Å². The Kier molecular flexibility index (Phi) is 4.60. The molecule has 0 saturated carbocycles. The quantitative estimate of drug-likeness (QED) is 0.848. The van der Waals surface area contributed by atoms with Gasteiger partial charge in [-0.25, -0.2) is 13.1 Å². The summed E-state index contributed by atoms with van der Waals surface area (Å²) in [6.45, 7) is 1.54. The smallest absolute Gasteiger partial charge is 0.244 e. The summed E-state index contributed by atoms with van der Waals surface area (Å²) in [6, 6.07) is 6.13. The monoisotopic (exact) mass is 295 g/mol. The van der Waals surface area contributed by atoms with Crippen molar-refractivity contribution in [3.63, 3.8) is 0 Å². The zero-order valence-electron chi connectivity index (χ0n) is 11.2. The molecule has 0 bridgehead atoms. The molecule has 0 radical (unpaired) electrons. The van der Waals surface area contributed by atoms with Crippen molar-refractivity contribution in [2.45, 2.75) is 23.8 Å². The largest absolute Gasteiger partial charge is 0.495 e. The van der Waals surface area contributed by atoms with Crippen LogP contribution in [0, 0.1) is 11.3 Å². The van der Waals surface area contributed by atoms with E-state index in [0.29, 0.717) is 12.1 Å². The number of nitrogens with one attached hydrogen (secondary N) is 2. The van der Waals surface area contributed by atoms with Gasteiger partial charge in [-0.3, -0.25) is 0 Å². The number of sulfonamides is 1. The number of piperidine rings is 1. The summed E-state index contributed by atoms with van der Waals surface area (Å²) >= 11 is 0. The normalized spacial score (nSPS) is 19.3. The molecule has 1 aromatic carbocycles. The Morgan fingerprint density at radius 2 is 2.30 bits per heavy atom. The first kappa shape index (κ1) is 14.8. The lowest BCUT2D eigenvalue weighted by atomic mass is 10.1. The van der Waals surface area contributed by atoms with E-state index in [9.17, 15) is 8.42 Å². The van der Waals surface area contributed by atoms with Crippen molar-refractivity contribution in [3.8, 4) is 11.8 Å². The average Bonchev–Trinajstić information content (AvgIpc) is 2.47. The predicted octanol–water partition coefficient (Wildman–Crippen LogP) is 0.597. The third kappa shape index (κ3) is 3.28. The number of nitriles is 1. The van der Waals surface area contributed by atoms with Gasteiger partial charge in [0.15, 0.2) is 0 Å². The van der Waals surface area contributed by atoms with E-state index in [1.807, 2.05) is 6.07 Å². The summed E-state index contributed by atoms with van der Waals surface area (Å²) < 4.78 is 32.5. The van der Waals surface area contributed by atoms with Crippen LogP contribution >= 0.6 is 0 Å². The molecule has 2 rings (SSSR count). The fourth-order valence-corrected chi connectivity index (χ4v) is 3.62. The average molecular weight is 295 g/mol. The zero-order chi connectivity index (χ0) is 14.6. The van der Waals surface area contributed by atoms with Crippen LogP contribution in [0.15, 0.2) is 23.1 Å². The van der Waals surface area contributed by atoms with Crippen LogP contribution in [0.2, 0.25) is 0 Å². The van der Waals surface area contributed by atoms with Crippen LogP contribution in [-0.2, 0) is 10.0 Å². The highest BCUT2D eigenvalue weighted by atomic mass is 32.2. The Morgan fingerprint density at radius 1 is 1.50 bits per heavy atom. The standard InChI is InChI=1S/C13H17N3O3S/c1-19-12-7-10(8-14)4-5-13(12)20(17,18)16-11-3-2-6-15-9-11/h4-5,7,11,15-16H,2-3,6,9H2,1H3. The van der Waals surface area contributed by atoms with Gasteiger partial charge in [0.05, 0.1) is 18.7 Å². The van der Waals surface area contributed by atoms with E-state index < -0.39 is 10.0 Å². The molecule has 0 spiro atoms. The molecular formula is C13H17N3O3S. The fourth-order valence-electron chi connectivity index (χ4n) is 2.19. The van der Waals surface area contributed by atoms with Gasteiger partial charge in [-0.1, -0.05) is 0 Å². The maximum atomic E-state index is 12.4. The lowest BCUT2D eigenvalue weighted by Crippen LogP contribution is -2.45. The van der Waals surface area contributed by atoms with Gasteiger partial charge in [-0.2, -0.15) is 5.26 Å². The minimum absolute atomic E-state index is 0.0598. The second kappa shape index (κ2) is 6.22. The highest BCUT2D eigenvalue weighted by Gasteiger charge is 2.24. The van der Waals surface area contributed by atoms with Crippen molar-refractivity contribution in [2.75, 3.05) is 20.2 Å². The second-order valence-corrected chi connectivity index (χ2v) is 6.32. The molecular weight excluding hydrogens is 278 g/mol. The SMILES string of the molecule is COc1cc(C#N)ccc1S(=O)(=O)NC1CCCNC1. The molecule has 20 heavy (non-hydrogen) atoms. The third-order valence-corrected chi connectivity index (χ3v) is 4.76. The molecule has 7 heteroatoms. The molecule has 2 N–H and O–H groups in total. The van der Waals surface area contributed by atoms with Crippen LogP contribution in [0.1, 0.15) is 18.4 Å². The Labute approximate surface area is 118 Å². The van der Waals surface area contributed by atoms with E-state index in [-0.39, 0.29) is 16.7 Å². The molecule has 108 valence electrons. The summed E-state index contributed by atoms with van der Waals surface area (Å²) in [7, 11) is -2.27. The minimum Gasteiger partial charge on any atom is -0.495 e. The molecule has 1 heterocycles. The zero-order valence-corrected chi connectivity index (χ0v) is 12.0. The first-order valence-corrected chi connectivity index (χ1v) is 7.86. The van der Waals surface area contributed by atoms with E-state index in [1.165, 1.54) is 25.3 Å². The molecule has 0 aromatic heterocycles. The highest BCUT2D eigenvalue weighted by Crippen LogP contribution is 2.25. The number of hydrogen-bond donors (Lipinski definition) is 2. The van der Waals surface area contributed by atoms with Crippen LogP contribution < -0.4 is 14.8 Å². The summed E-state index contributed by atoms with van der Waals surface area (Å²) in [5, 5.41) is 12.0. The Hall–Kier alpha value is -1.62. The van der Waals surface area contributed by atoms with Gasteiger partial charge < -0.3 is 10.1 Å². The third-order valence-electron chi connectivity index (χ3n) is 3.20. The maximum Gasteiger partial charge on any atom is 0.244 e. The van der Waals surface area contributed by atoms with Crippen molar-refractivity contribution in [1.29, 1.82) is 5.26 Å².